The molecular formula is C13H13N3O4. The first-order valence-corrected chi connectivity index (χ1v) is 5.87. The molecule has 104 valence electrons. The van der Waals surface area contributed by atoms with Crippen LogP contribution in [-0.4, -0.2) is 35.3 Å². The van der Waals surface area contributed by atoms with Crippen LogP contribution >= 0.6 is 0 Å². The average Bonchev–Trinajstić information content (AvgIpc) is 2.42. The number of aromatic carboxylic acids is 1. The first kappa shape index (κ1) is 13.6. The number of amides is 1. The fraction of sp³-hybridized carbons (Fsp3) is 0.154. The smallest absolute Gasteiger partial charge is 0.404 e. The number of nitrogens with one attached hydrogen (secondary N) is 1. The lowest BCUT2D eigenvalue weighted by atomic mass is 10.1. The predicted octanol–water partition coefficient (Wildman–Crippen LogP) is 1.44. The molecule has 20 heavy (non-hydrogen) atoms. The summed E-state index contributed by atoms with van der Waals surface area (Å²) in [4.78, 5) is 25.7. The van der Waals surface area contributed by atoms with Crippen molar-refractivity contribution in [3.05, 3.63) is 35.9 Å². The molecule has 1 heterocycles. The van der Waals surface area contributed by atoms with E-state index < -0.39 is 12.1 Å². The van der Waals surface area contributed by atoms with Gasteiger partial charge in [-0.15, -0.1) is 0 Å². The standard InChI is InChI=1S/C13H13N3O4/c14-13(19)20-7-6-15-11-5-4-8-9(12(17)18)2-1-3-10(8)16-11/h1-5H,6-7H2,(H2,14,19)(H,15,16)(H,17,18). The summed E-state index contributed by atoms with van der Waals surface area (Å²) >= 11 is 0. The van der Waals surface area contributed by atoms with Gasteiger partial charge in [-0.3, -0.25) is 0 Å². The number of hydrogen-bond donors (Lipinski definition) is 3. The SMILES string of the molecule is NC(=O)OCCNc1ccc2c(C(=O)O)cccc2n1. The van der Waals surface area contributed by atoms with Gasteiger partial charge in [0.05, 0.1) is 17.6 Å². The van der Waals surface area contributed by atoms with E-state index in [1.807, 2.05) is 0 Å². The number of carbonyl (C=O) groups is 2. The van der Waals surface area contributed by atoms with Crippen LogP contribution in [0.4, 0.5) is 10.6 Å². The van der Waals surface area contributed by atoms with Crippen molar-refractivity contribution in [3.63, 3.8) is 0 Å². The van der Waals surface area contributed by atoms with Gasteiger partial charge in [0.25, 0.3) is 0 Å². The van der Waals surface area contributed by atoms with Crippen molar-refractivity contribution >= 4 is 28.8 Å². The Kier molecular flexibility index (Phi) is 3.99. The van der Waals surface area contributed by atoms with E-state index in [1.54, 1.807) is 24.3 Å². The van der Waals surface area contributed by atoms with E-state index in [4.69, 9.17) is 10.8 Å². The first-order valence-electron chi connectivity index (χ1n) is 5.87. The molecule has 0 radical (unpaired) electrons. The zero-order valence-corrected chi connectivity index (χ0v) is 10.5. The van der Waals surface area contributed by atoms with Crippen LogP contribution in [0.5, 0.6) is 0 Å². The van der Waals surface area contributed by atoms with E-state index in [9.17, 15) is 9.59 Å². The van der Waals surface area contributed by atoms with Crippen molar-refractivity contribution in [3.8, 4) is 0 Å². The Labute approximate surface area is 114 Å². The van der Waals surface area contributed by atoms with Gasteiger partial charge < -0.3 is 20.9 Å². The third-order valence-electron chi connectivity index (χ3n) is 2.61. The van der Waals surface area contributed by atoms with Crippen LogP contribution in [0, 0.1) is 0 Å². The quantitative estimate of drug-likeness (QED) is 0.711. The van der Waals surface area contributed by atoms with Crippen molar-refractivity contribution in [1.29, 1.82) is 0 Å². The lowest BCUT2D eigenvalue weighted by Gasteiger charge is -2.07. The lowest BCUT2D eigenvalue weighted by molar-refractivity contribution is 0.0699. The zero-order chi connectivity index (χ0) is 14.5. The number of hydrogen-bond acceptors (Lipinski definition) is 5. The maximum Gasteiger partial charge on any atom is 0.404 e. The highest BCUT2D eigenvalue weighted by Crippen LogP contribution is 2.19. The second-order valence-electron chi connectivity index (χ2n) is 3.97. The van der Waals surface area contributed by atoms with E-state index in [-0.39, 0.29) is 12.2 Å². The van der Waals surface area contributed by atoms with Gasteiger partial charge in [-0.1, -0.05) is 6.07 Å². The van der Waals surface area contributed by atoms with E-state index in [1.165, 1.54) is 6.07 Å². The number of rotatable bonds is 5. The molecule has 0 saturated heterocycles. The van der Waals surface area contributed by atoms with Crippen LogP contribution < -0.4 is 11.1 Å². The summed E-state index contributed by atoms with van der Waals surface area (Å²) in [5.74, 6) is -0.430. The van der Waals surface area contributed by atoms with Crippen molar-refractivity contribution in [2.75, 3.05) is 18.5 Å². The van der Waals surface area contributed by atoms with Crippen molar-refractivity contribution < 1.29 is 19.4 Å². The molecule has 7 nitrogen and oxygen atoms in total. The Morgan fingerprint density at radius 1 is 1.30 bits per heavy atom. The van der Waals surface area contributed by atoms with Gasteiger partial charge in [-0.2, -0.15) is 0 Å². The summed E-state index contributed by atoms with van der Waals surface area (Å²) in [7, 11) is 0. The summed E-state index contributed by atoms with van der Waals surface area (Å²) in [6.45, 7) is 0.490. The fourth-order valence-electron chi connectivity index (χ4n) is 1.77. The monoisotopic (exact) mass is 275 g/mol. The highest BCUT2D eigenvalue weighted by molar-refractivity contribution is 6.02. The van der Waals surface area contributed by atoms with Crippen molar-refractivity contribution in [2.24, 2.45) is 5.73 Å². The second kappa shape index (κ2) is 5.87. The van der Waals surface area contributed by atoms with Crippen molar-refractivity contribution in [1.82, 2.24) is 4.98 Å². The van der Waals surface area contributed by atoms with Crippen LogP contribution in [0.3, 0.4) is 0 Å². The Bertz CT molecular complexity index is 657. The molecule has 0 saturated carbocycles. The third kappa shape index (κ3) is 3.14. The number of ether oxygens (including phenoxy) is 1. The van der Waals surface area contributed by atoms with Crippen LogP contribution in [0.25, 0.3) is 10.9 Å². The molecule has 0 aliphatic carbocycles. The number of nitrogens with zero attached hydrogens (tertiary/aromatic N) is 1. The number of aromatic nitrogens is 1. The Hall–Kier alpha value is -2.83. The number of benzene rings is 1. The largest absolute Gasteiger partial charge is 0.478 e. The molecule has 0 aliphatic rings. The second-order valence-corrected chi connectivity index (χ2v) is 3.97. The highest BCUT2D eigenvalue weighted by Gasteiger charge is 2.08. The topological polar surface area (TPSA) is 115 Å². The van der Waals surface area contributed by atoms with Gasteiger partial charge in [-0.25, -0.2) is 14.6 Å². The molecule has 4 N–H and O–H groups in total. The number of carboxylic acids is 1. The number of fused-ring (bicyclic) bond motifs is 1. The molecule has 1 aromatic carbocycles. The first-order chi connectivity index (χ1) is 9.58. The molecule has 0 atom stereocenters. The molecule has 0 spiro atoms. The summed E-state index contributed by atoms with van der Waals surface area (Å²) in [5, 5.41) is 12.6. The molecule has 7 heteroatoms. The van der Waals surface area contributed by atoms with Gasteiger partial charge in [0.2, 0.25) is 0 Å². The molecule has 1 amide bonds. The fourth-order valence-corrected chi connectivity index (χ4v) is 1.77. The maximum absolute atomic E-state index is 11.1. The zero-order valence-electron chi connectivity index (χ0n) is 10.5. The van der Waals surface area contributed by atoms with Crippen LogP contribution in [0.2, 0.25) is 0 Å². The van der Waals surface area contributed by atoms with Crippen LogP contribution in [0.1, 0.15) is 10.4 Å². The van der Waals surface area contributed by atoms with Gasteiger partial charge in [0, 0.05) is 5.39 Å². The van der Waals surface area contributed by atoms with Gasteiger partial charge >= 0.3 is 12.1 Å². The Balaban J connectivity index is 2.14. The van der Waals surface area contributed by atoms with Gasteiger partial charge in [0.1, 0.15) is 12.4 Å². The minimum Gasteiger partial charge on any atom is -0.478 e. The number of carbonyl (C=O) groups excluding carboxylic acids is 1. The number of nitrogens with two attached hydrogens (primary N) is 1. The summed E-state index contributed by atoms with van der Waals surface area (Å²) in [6, 6.07) is 8.24. The minimum absolute atomic E-state index is 0.129. The van der Waals surface area contributed by atoms with E-state index in [2.05, 4.69) is 15.0 Å². The molecule has 2 rings (SSSR count). The lowest BCUT2D eigenvalue weighted by Crippen LogP contribution is -2.18. The number of carboxylic acid groups (broad SMARTS) is 1. The van der Waals surface area contributed by atoms with E-state index in [0.717, 1.165) is 0 Å². The van der Waals surface area contributed by atoms with E-state index in [0.29, 0.717) is 23.3 Å². The molecule has 2 aromatic rings. The molecule has 1 aromatic heterocycles. The molecular weight excluding hydrogens is 262 g/mol. The van der Waals surface area contributed by atoms with E-state index >= 15 is 0 Å². The molecule has 0 bridgehead atoms. The molecule has 0 fully saturated rings. The predicted molar refractivity (Wildman–Crippen MR) is 72.7 cm³/mol. The summed E-state index contributed by atoms with van der Waals surface area (Å²) in [6.07, 6.45) is -0.829. The van der Waals surface area contributed by atoms with Crippen LogP contribution in [-0.2, 0) is 4.74 Å². The van der Waals surface area contributed by atoms with Crippen LogP contribution in [0.15, 0.2) is 30.3 Å². The maximum atomic E-state index is 11.1. The molecule has 0 unspecified atom stereocenters. The van der Waals surface area contributed by atoms with Gasteiger partial charge in [-0.05, 0) is 24.3 Å². The van der Waals surface area contributed by atoms with Gasteiger partial charge in [0.15, 0.2) is 0 Å². The Morgan fingerprint density at radius 2 is 2.10 bits per heavy atom. The highest BCUT2D eigenvalue weighted by atomic mass is 16.5. The Morgan fingerprint density at radius 3 is 2.80 bits per heavy atom. The summed E-state index contributed by atoms with van der Waals surface area (Å²) in [5.41, 5.74) is 5.61. The van der Waals surface area contributed by atoms with Crippen molar-refractivity contribution in [2.45, 2.75) is 0 Å². The normalized spacial score (nSPS) is 10.2. The minimum atomic E-state index is -0.993. The number of anilines is 1. The molecule has 0 aliphatic heterocycles. The number of primary amides is 1. The third-order valence-corrected chi connectivity index (χ3v) is 2.61. The summed E-state index contributed by atoms with van der Waals surface area (Å²) < 4.78 is 4.57. The average molecular weight is 275 g/mol. The number of pyridine rings is 1.